The lowest BCUT2D eigenvalue weighted by Crippen LogP contribution is -2.38. The van der Waals surface area contributed by atoms with Crippen molar-refractivity contribution in [1.29, 1.82) is 0 Å². The van der Waals surface area contributed by atoms with Crippen LogP contribution in [0.2, 0.25) is 0 Å². The van der Waals surface area contributed by atoms with Gasteiger partial charge < -0.3 is 15.4 Å². The Balaban J connectivity index is 1.53. The Hall–Kier alpha value is -3.11. The summed E-state index contributed by atoms with van der Waals surface area (Å²) in [6, 6.07) is 15.9. The summed E-state index contributed by atoms with van der Waals surface area (Å²) in [5.41, 5.74) is 1.39. The minimum absolute atomic E-state index is 0.417. The van der Waals surface area contributed by atoms with Crippen LogP contribution < -0.4 is 20.7 Å². The quantitative estimate of drug-likeness (QED) is 0.440. The lowest BCUT2D eigenvalue weighted by Gasteiger charge is -2.10. The minimum atomic E-state index is -0.578. The average molecular weight is 444 g/mol. The molecule has 8 nitrogen and oxygen atoms in total. The van der Waals surface area contributed by atoms with Crippen LogP contribution in [0.3, 0.4) is 0 Å². The van der Waals surface area contributed by atoms with Gasteiger partial charge in [-0.3, -0.25) is 10.1 Å². The summed E-state index contributed by atoms with van der Waals surface area (Å²) in [5.74, 6) is 0.307. The van der Waals surface area contributed by atoms with E-state index in [1.165, 1.54) is 23.1 Å². The number of benzene rings is 2. The number of rotatable bonds is 8. The summed E-state index contributed by atoms with van der Waals surface area (Å²) in [5, 5.41) is 16.4. The highest BCUT2D eigenvalue weighted by Gasteiger charge is 2.19. The first kappa shape index (κ1) is 21.6. The summed E-state index contributed by atoms with van der Waals surface area (Å²) in [6.07, 6.45) is 0. The van der Waals surface area contributed by atoms with Gasteiger partial charge in [0.2, 0.25) is 11.0 Å². The van der Waals surface area contributed by atoms with Gasteiger partial charge >= 0.3 is 6.03 Å². The summed E-state index contributed by atoms with van der Waals surface area (Å²) in [4.78, 5) is 24.3. The van der Waals surface area contributed by atoms with Crippen LogP contribution in [0.25, 0.3) is 0 Å². The van der Waals surface area contributed by atoms with Crippen molar-refractivity contribution in [3.05, 3.63) is 54.6 Å². The second-order valence-corrected chi connectivity index (χ2v) is 8.56. The number of urea groups is 1. The molecule has 1 heterocycles. The second-order valence-electron chi connectivity index (χ2n) is 6.00. The van der Waals surface area contributed by atoms with Crippen molar-refractivity contribution >= 4 is 51.5 Å². The topological polar surface area (TPSA) is 105 Å². The number of imide groups is 1. The summed E-state index contributed by atoms with van der Waals surface area (Å²) in [7, 11) is 0. The molecule has 0 aliphatic heterocycles. The number of amides is 3. The van der Waals surface area contributed by atoms with Crippen molar-refractivity contribution in [3.63, 3.8) is 0 Å². The predicted octanol–water partition coefficient (Wildman–Crippen LogP) is 4.51. The first-order valence-electron chi connectivity index (χ1n) is 9.21. The molecule has 10 heteroatoms. The van der Waals surface area contributed by atoms with E-state index in [1.54, 1.807) is 31.2 Å². The third kappa shape index (κ3) is 6.19. The Bertz CT molecular complexity index is 997. The fourth-order valence-corrected chi connectivity index (χ4v) is 4.28. The number of para-hydroxylation sites is 3. The molecule has 0 spiro atoms. The van der Waals surface area contributed by atoms with Gasteiger partial charge in [0.15, 0.2) is 4.34 Å². The SMILES string of the molecule is CCOc1ccccc1Nc1nnc(SC(C)C(=O)NC(=O)Nc2ccccc2)s1. The van der Waals surface area contributed by atoms with Crippen molar-refractivity contribution in [2.45, 2.75) is 23.4 Å². The van der Waals surface area contributed by atoms with Crippen molar-refractivity contribution in [2.24, 2.45) is 0 Å². The normalized spacial score (nSPS) is 11.4. The van der Waals surface area contributed by atoms with Crippen LogP contribution in [0.15, 0.2) is 58.9 Å². The fraction of sp³-hybridized carbons (Fsp3) is 0.200. The average Bonchev–Trinajstić information content (AvgIpc) is 3.17. The van der Waals surface area contributed by atoms with Gasteiger partial charge in [-0.05, 0) is 38.1 Å². The molecule has 0 fully saturated rings. The van der Waals surface area contributed by atoms with Gasteiger partial charge in [-0.2, -0.15) is 0 Å². The number of nitrogens with one attached hydrogen (secondary N) is 3. The first-order valence-corrected chi connectivity index (χ1v) is 10.9. The summed E-state index contributed by atoms with van der Waals surface area (Å²) in [6.45, 7) is 4.18. The third-order valence-corrected chi connectivity index (χ3v) is 5.77. The number of carbonyl (C=O) groups excluding carboxylic acids is 2. The molecule has 0 bridgehead atoms. The van der Waals surface area contributed by atoms with Crippen molar-refractivity contribution in [3.8, 4) is 5.75 Å². The van der Waals surface area contributed by atoms with E-state index < -0.39 is 17.2 Å². The van der Waals surface area contributed by atoms with Gasteiger partial charge in [0, 0.05) is 5.69 Å². The molecule has 1 unspecified atom stereocenters. The van der Waals surface area contributed by atoms with Gasteiger partial charge in [0.1, 0.15) is 5.75 Å². The van der Waals surface area contributed by atoms with E-state index in [4.69, 9.17) is 4.74 Å². The van der Waals surface area contributed by atoms with E-state index in [9.17, 15) is 9.59 Å². The molecule has 3 N–H and O–H groups in total. The zero-order valence-electron chi connectivity index (χ0n) is 16.4. The van der Waals surface area contributed by atoms with E-state index in [-0.39, 0.29) is 0 Å². The van der Waals surface area contributed by atoms with Crippen LogP contribution in [0.4, 0.5) is 21.3 Å². The zero-order chi connectivity index (χ0) is 21.3. The Morgan fingerprint density at radius 2 is 1.83 bits per heavy atom. The monoisotopic (exact) mass is 443 g/mol. The predicted molar refractivity (Wildman–Crippen MR) is 120 cm³/mol. The van der Waals surface area contributed by atoms with Crippen molar-refractivity contribution in [2.75, 3.05) is 17.2 Å². The van der Waals surface area contributed by atoms with Gasteiger partial charge in [-0.1, -0.05) is 53.4 Å². The molecule has 156 valence electrons. The molecular formula is C20H21N5O3S2. The van der Waals surface area contributed by atoms with Crippen LogP contribution in [0.5, 0.6) is 5.75 Å². The van der Waals surface area contributed by atoms with Gasteiger partial charge in [0.05, 0.1) is 17.5 Å². The number of thioether (sulfide) groups is 1. The zero-order valence-corrected chi connectivity index (χ0v) is 18.0. The van der Waals surface area contributed by atoms with Gasteiger partial charge in [-0.15, -0.1) is 10.2 Å². The Labute approximate surface area is 182 Å². The second kappa shape index (κ2) is 10.6. The first-order chi connectivity index (χ1) is 14.5. The number of hydrogen-bond acceptors (Lipinski definition) is 8. The standard InChI is InChI=1S/C20H21N5O3S2/c1-3-28-16-12-8-7-11-15(16)22-19-24-25-20(30-19)29-13(2)17(26)23-18(27)21-14-9-5-4-6-10-14/h4-13H,3H2,1-2H3,(H,22,24)(H2,21,23,26,27). The Morgan fingerprint density at radius 3 is 2.60 bits per heavy atom. The van der Waals surface area contributed by atoms with Crippen LogP contribution >= 0.6 is 23.1 Å². The fourth-order valence-electron chi connectivity index (χ4n) is 2.38. The third-order valence-electron chi connectivity index (χ3n) is 3.75. The molecule has 30 heavy (non-hydrogen) atoms. The molecule has 3 rings (SSSR count). The van der Waals surface area contributed by atoms with E-state index >= 15 is 0 Å². The lowest BCUT2D eigenvalue weighted by molar-refractivity contribution is -0.119. The highest BCUT2D eigenvalue weighted by molar-refractivity contribution is 8.02. The maximum atomic E-state index is 12.3. The number of carbonyl (C=O) groups is 2. The molecule has 0 radical (unpaired) electrons. The molecule has 2 aromatic carbocycles. The molecule has 1 atom stereocenters. The Kier molecular flexibility index (Phi) is 7.63. The lowest BCUT2D eigenvalue weighted by atomic mass is 10.3. The summed E-state index contributed by atoms with van der Waals surface area (Å²) >= 11 is 2.54. The summed E-state index contributed by atoms with van der Waals surface area (Å²) < 4.78 is 6.20. The number of anilines is 3. The molecule has 1 aromatic heterocycles. The van der Waals surface area contributed by atoms with Crippen molar-refractivity contribution in [1.82, 2.24) is 15.5 Å². The largest absolute Gasteiger partial charge is 0.492 e. The highest BCUT2D eigenvalue weighted by atomic mass is 32.2. The molecule has 0 saturated heterocycles. The van der Waals surface area contributed by atoms with E-state index in [0.717, 1.165) is 11.4 Å². The van der Waals surface area contributed by atoms with Crippen LogP contribution in [0, 0.1) is 0 Å². The maximum Gasteiger partial charge on any atom is 0.325 e. The molecule has 0 saturated carbocycles. The molecule has 3 aromatic rings. The highest BCUT2D eigenvalue weighted by Crippen LogP contribution is 2.33. The van der Waals surface area contributed by atoms with E-state index in [1.807, 2.05) is 37.3 Å². The number of ether oxygens (including phenoxy) is 1. The molecule has 0 aliphatic carbocycles. The number of aromatic nitrogens is 2. The minimum Gasteiger partial charge on any atom is -0.492 e. The van der Waals surface area contributed by atoms with E-state index in [0.29, 0.717) is 21.8 Å². The molecular weight excluding hydrogens is 422 g/mol. The van der Waals surface area contributed by atoms with E-state index in [2.05, 4.69) is 26.1 Å². The number of hydrogen-bond donors (Lipinski definition) is 3. The smallest absolute Gasteiger partial charge is 0.325 e. The van der Waals surface area contributed by atoms with Crippen molar-refractivity contribution < 1.29 is 14.3 Å². The maximum absolute atomic E-state index is 12.3. The number of nitrogens with zero attached hydrogens (tertiary/aromatic N) is 2. The van der Waals surface area contributed by atoms with Gasteiger partial charge in [-0.25, -0.2) is 4.79 Å². The van der Waals surface area contributed by atoms with Crippen LogP contribution in [-0.2, 0) is 4.79 Å². The molecule has 0 aliphatic rings. The Morgan fingerprint density at radius 1 is 1.10 bits per heavy atom. The van der Waals surface area contributed by atoms with Crippen LogP contribution in [0.1, 0.15) is 13.8 Å². The molecule has 3 amide bonds. The van der Waals surface area contributed by atoms with Crippen LogP contribution in [-0.4, -0.2) is 34.0 Å². The van der Waals surface area contributed by atoms with Gasteiger partial charge in [0.25, 0.3) is 0 Å².